The lowest BCUT2D eigenvalue weighted by molar-refractivity contribution is -0.132. The third kappa shape index (κ3) is 2.36. The fourth-order valence-corrected chi connectivity index (χ4v) is 1.30. The van der Waals surface area contributed by atoms with Crippen LogP contribution in [-0.2, 0) is 4.79 Å². The SMILES string of the molecule is NC(=O)c1ccccc1C(O)C(O)C(N)=O. The van der Waals surface area contributed by atoms with Gasteiger partial charge in [-0.1, -0.05) is 18.2 Å². The van der Waals surface area contributed by atoms with Crippen molar-refractivity contribution >= 4 is 11.8 Å². The van der Waals surface area contributed by atoms with Crippen LogP contribution in [0, 0.1) is 0 Å². The van der Waals surface area contributed by atoms with Gasteiger partial charge < -0.3 is 21.7 Å². The van der Waals surface area contributed by atoms with E-state index in [1.807, 2.05) is 0 Å². The summed E-state index contributed by atoms with van der Waals surface area (Å²) in [5, 5.41) is 18.9. The third-order valence-corrected chi connectivity index (χ3v) is 2.14. The quantitative estimate of drug-likeness (QED) is 0.505. The van der Waals surface area contributed by atoms with E-state index in [4.69, 9.17) is 11.5 Å². The van der Waals surface area contributed by atoms with Gasteiger partial charge in [0.2, 0.25) is 11.8 Å². The molecule has 0 aromatic heterocycles. The lowest BCUT2D eigenvalue weighted by Crippen LogP contribution is -2.34. The van der Waals surface area contributed by atoms with Gasteiger partial charge in [-0.05, 0) is 11.6 Å². The predicted molar refractivity (Wildman–Crippen MR) is 55.1 cm³/mol. The van der Waals surface area contributed by atoms with Crippen molar-refractivity contribution in [1.29, 1.82) is 0 Å². The molecule has 0 heterocycles. The first-order valence-corrected chi connectivity index (χ1v) is 4.49. The molecule has 0 spiro atoms. The Morgan fingerprint density at radius 3 is 2.19 bits per heavy atom. The fraction of sp³-hybridized carbons (Fsp3) is 0.200. The van der Waals surface area contributed by atoms with E-state index in [9.17, 15) is 19.8 Å². The molecule has 2 unspecified atom stereocenters. The van der Waals surface area contributed by atoms with Gasteiger partial charge in [-0.3, -0.25) is 9.59 Å². The van der Waals surface area contributed by atoms with E-state index in [1.54, 1.807) is 12.1 Å². The average molecular weight is 224 g/mol. The maximum atomic E-state index is 11.0. The Morgan fingerprint density at radius 1 is 1.12 bits per heavy atom. The molecule has 16 heavy (non-hydrogen) atoms. The summed E-state index contributed by atoms with van der Waals surface area (Å²) in [5.74, 6) is -1.84. The minimum Gasteiger partial charge on any atom is -0.385 e. The van der Waals surface area contributed by atoms with E-state index in [-0.39, 0.29) is 11.1 Å². The van der Waals surface area contributed by atoms with Gasteiger partial charge in [0, 0.05) is 5.56 Å². The summed E-state index contributed by atoms with van der Waals surface area (Å²) in [6.07, 6.45) is -3.35. The van der Waals surface area contributed by atoms with Crippen molar-refractivity contribution in [1.82, 2.24) is 0 Å². The third-order valence-electron chi connectivity index (χ3n) is 2.14. The number of aliphatic hydroxyl groups is 2. The Kier molecular flexibility index (Phi) is 3.60. The summed E-state index contributed by atoms with van der Waals surface area (Å²) < 4.78 is 0. The number of carbonyl (C=O) groups is 2. The smallest absolute Gasteiger partial charge is 0.249 e. The van der Waals surface area contributed by atoms with Gasteiger partial charge >= 0.3 is 0 Å². The number of primary amides is 2. The number of amides is 2. The Hall–Kier alpha value is -1.92. The van der Waals surface area contributed by atoms with Crippen LogP contribution in [0.15, 0.2) is 24.3 Å². The first-order chi connectivity index (χ1) is 7.45. The van der Waals surface area contributed by atoms with Gasteiger partial charge in [-0.25, -0.2) is 0 Å². The molecule has 6 N–H and O–H groups in total. The molecule has 2 atom stereocenters. The molecule has 0 saturated carbocycles. The molecule has 0 radical (unpaired) electrons. The van der Waals surface area contributed by atoms with Gasteiger partial charge in [-0.2, -0.15) is 0 Å². The van der Waals surface area contributed by atoms with E-state index in [1.165, 1.54) is 12.1 Å². The van der Waals surface area contributed by atoms with Crippen LogP contribution in [0.4, 0.5) is 0 Å². The lowest BCUT2D eigenvalue weighted by Gasteiger charge is -2.17. The highest BCUT2D eigenvalue weighted by Crippen LogP contribution is 2.20. The van der Waals surface area contributed by atoms with Crippen molar-refractivity contribution in [2.24, 2.45) is 11.5 Å². The number of hydrogen-bond donors (Lipinski definition) is 4. The fourth-order valence-electron chi connectivity index (χ4n) is 1.30. The van der Waals surface area contributed by atoms with Crippen LogP contribution in [-0.4, -0.2) is 28.1 Å². The van der Waals surface area contributed by atoms with Crippen LogP contribution in [0.5, 0.6) is 0 Å². The van der Waals surface area contributed by atoms with Crippen molar-refractivity contribution in [3.63, 3.8) is 0 Å². The number of benzene rings is 1. The molecule has 0 bridgehead atoms. The maximum absolute atomic E-state index is 11.0. The predicted octanol–water partition coefficient (Wildman–Crippen LogP) is -1.33. The summed E-state index contributed by atoms with van der Waals surface area (Å²) in [6, 6.07) is 5.86. The molecule has 0 aliphatic rings. The van der Waals surface area contributed by atoms with E-state index in [0.29, 0.717) is 0 Å². The molecule has 0 aliphatic heterocycles. The number of rotatable bonds is 4. The molecule has 1 aromatic carbocycles. The highest BCUT2D eigenvalue weighted by molar-refractivity contribution is 5.94. The zero-order valence-corrected chi connectivity index (χ0v) is 8.33. The summed E-state index contributed by atoms with van der Waals surface area (Å²) in [4.78, 5) is 21.7. The normalized spacial score (nSPS) is 14.1. The van der Waals surface area contributed by atoms with Gasteiger partial charge in [0.15, 0.2) is 6.10 Å². The summed E-state index contributed by atoms with van der Waals surface area (Å²) in [5.41, 5.74) is 10.0. The molecule has 0 saturated heterocycles. The molecule has 2 amide bonds. The first-order valence-electron chi connectivity index (χ1n) is 4.49. The second kappa shape index (κ2) is 4.73. The summed E-state index contributed by atoms with van der Waals surface area (Å²) in [6.45, 7) is 0. The average Bonchev–Trinajstić information content (AvgIpc) is 2.26. The van der Waals surface area contributed by atoms with Gasteiger partial charge in [0.1, 0.15) is 6.10 Å². The maximum Gasteiger partial charge on any atom is 0.249 e. The number of nitrogens with two attached hydrogens (primary N) is 2. The molecule has 6 nitrogen and oxygen atoms in total. The van der Waals surface area contributed by atoms with Gasteiger partial charge in [0.05, 0.1) is 0 Å². The molecular formula is C10H12N2O4. The highest BCUT2D eigenvalue weighted by Gasteiger charge is 2.26. The zero-order valence-electron chi connectivity index (χ0n) is 8.33. The van der Waals surface area contributed by atoms with Crippen molar-refractivity contribution in [3.05, 3.63) is 35.4 Å². The van der Waals surface area contributed by atoms with Crippen molar-refractivity contribution < 1.29 is 19.8 Å². The number of hydrogen-bond acceptors (Lipinski definition) is 4. The van der Waals surface area contributed by atoms with Crippen LogP contribution in [0.1, 0.15) is 22.0 Å². The molecule has 1 rings (SSSR count). The standard InChI is InChI=1S/C10H12N2O4/c11-9(15)6-4-2-1-3-5(6)7(13)8(14)10(12)16/h1-4,7-8,13-14H,(H2,11,15)(H2,12,16). The Morgan fingerprint density at radius 2 is 1.69 bits per heavy atom. The molecule has 86 valence electrons. The minimum atomic E-state index is -1.78. The number of aliphatic hydroxyl groups excluding tert-OH is 2. The number of carbonyl (C=O) groups excluding carboxylic acids is 2. The molecule has 1 aromatic rings. The first kappa shape index (κ1) is 12.2. The van der Waals surface area contributed by atoms with Crippen LogP contribution in [0.25, 0.3) is 0 Å². The Bertz CT molecular complexity index is 419. The van der Waals surface area contributed by atoms with Crippen LogP contribution in [0.2, 0.25) is 0 Å². The monoisotopic (exact) mass is 224 g/mol. The summed E-state index contributed by atoms with van der Waals surface area (Å²) in [7, 11) is 0. The van der Waals surface area contributed by atoms with Crippen LogP contribution < -0.4 is 11.5 Å². The van der Waals surface area contributed by atoms with Gasteiger partial charge in [0.25, 0.3) is 0 Å². The lowest BCUT2D eigenvalue weighted by atomic mass is 9.98. The molecule has 0 aliphatic carbocycles. The van der Waals surface area contributed by atoms with Crippen LogP contribution >= 0.6 is 0 Å². The van der Waals surface area contributed by atoms with Gasteiger partial charge in [-0.15, -0.1) is 0 Å². The van der Waals surface area contributed by atoms with E-state index < -0.39 is 24.0 Å². The van der Waals surface area contributed by atoms with Crippen molar-refractivity contribution in [3.8, 4) is 0 Å². The van der Waals surface area contributed by atoms with E-state index in [2.05, 4.69) is 0 Å². The van der Waals surface area contributed by atoms with Crippen molar-refractivity contribution in [2.75, 3.05) is 0 Å². The van der Waals surface area contributed by atoms with E-state index in [0.717, 1.165) is 0 Å². The van der Waals surface area contributed by atoms with Crippen molar-refractivity contribution in [2.45, 2.75) is 12.2 Å². The highest BCUT2D eigenvalue weighted by atomic mass is 16.3. The Balaban J connectivity index is 3.12. The topological polar surface area (TPSA) is 127 Å². The van der Waals surface area contributed by atoms with E-state index >= 15 is 0 Å². The zero-order chi connectivity index (χ0) is 12.3. The van der Waals surface area contributed by atoms with Crippen LogP contribution in [0.3, 0.4) is 0 Å². The molecular weight excluding hydrogens is 212 g/mol. The minimum absolute atomic E-state index is 0.0373. The second-order valence-corrected chi connectivity index (χ2v) is 3.24. The largest absolute Gasteiger partial charge is 0.385 e. The second-order valence-electron chi connectivity index (χ2n) is 3.24. The Labute approximate surface area is 91.5 Å². The molecule has 0 fully saturated rings. The molecule has 6 heteroatoms. The summed E-state index contributed by atoms with van der Waals surface area (Å²) >= 11 is 0.